The third-order valence-corrected chi connectivity index (χ3v) is 2.43. The summed E-state index contributed by atoms with van der Waals surface area (Å²) in [6.45, 7) is 2.01. The van der Waals surface area contributed by atoms with E-state index in [0.717, 1.165) is 24.0 Å². The fraction of sp³-hybridized carbons (Fsp3) is 0.200. The molecule has 0 amide bonds. The van der Waals surface area contributed by atoms with Gasteiger partial charge >= 0.3 is 0 Å². The number of carbonyl (C=O) groups excluding carboxylic acids is 1. The first-order chi connectivity index (χ1) is 6.76. The minimum Gasteiger partial charge on any atom is -0.302 e. The first-order valence-corrected chi connectivity index (χ1v) is 4.75. The number of aryl methyl sites for hydroxylation is 1. The minimum atomic E-state index is 0.450. The summed E-state index contributed by atoms with van der Waals surface area (Å²) in [6, 6.07) is 3.48. The van der Waals surface area contributed by atoms with Crippen molar-refractivity contribution in [3.63, 3.8) is 0 Å². The van der Waals surface area contributed by atoms with E-state index >= 15 is 0 Å². The van der Waals surface area contributed by atoms with Crippen LogP contribution in [-0.4, -0.2) is 15.7 Å². The SMILES string of the molecule is CCc1nc(Cl)c2cc(C=O)ccn12. The molecule has 0 saturated carbocycles. The Hall–Kier alpha value is -1.35. The van der Waals surface area contributed by atoms with Crippen molar-refractivity contribution >= 4 is 23.4 Å². The standard InChI is InChI=1S/C10H9ClN2O/c1-2-9-12-10(11)8-5-7(6-14)3-4-13(8)9/h3-6H,2H2,1H3. The van der Waals surface area contributed by atoms with Crippen LogP contribution in [0.3, 0.4) is 0 Å². The van der Waals surface area contributed by atoms with Crippen LogP contribution in [0.15, 0.2) is 18.3 Å². The van der Waals surface area contributed by atoms with Gasteiger partial charge in [-0.15, -0.1) is 0 Å². The van der Waals surface area contributed by atoms with E-state index in [0.29, 0.717) is 10.7 Å². The van der Waals surface area contributed by atoms with Crippen LogP contribution in [-0.2, 0) is 6.42 Å². The van der Waals surface area contributed by atoms with Gasteiger partial charge in [-0.25, -0.2) is 4.98 Å². The molecular formula is C10H9ClN2O. The summed E-state index contributed by atoms with van der Waals surface area (Å²) in [5.41, 5.74) is 1.40. The van der Waals surface area contributed by atoms with E-state index in [2.05, 4.69) is 4.98 Å². The number of hydrogen-bond donors (Lipinski definition) is 0. The Bertz CT molecular complexity index is 490. The second kappa shape index (κ2) is 3.42. The lowest BCUT2D eigenvalue weighted by Crippen LogP contribution is -1.92. The summed E-state index contributed by atoms with van der Waals surface area (Å²) in [7, 11) is 0. The molecule has 14 heavy (non-hydrogen) atoms. The Morgan fingerprint density at radius 1 is 1.64 bits per heavy atom. The number of aromatic nitrogens is 2. The Morgan fingerprint density at radius 3 is 3.07 bits per heavy atom. The summed E-state index contributed by atoms with van der Waals surface area (Å²) < 4.78 is 1.90. The van der Waals surface area contributed by atoms with Gasteiger partial charge in [-0.1, -0.05) is 18.5 Å². The second-order valence-corrected chi connectivity index (χ2v) is 3.36. The number of carbonyl (C=O) groups is 1. The molecular weight excluding hydrogens is 200 g/mol. The van der Waals surface area contributed by atoms with Crippen molar-refractivity contribution < 1.29 is 4.79 Å². The van der Waals surface area contributed by atoms with Crippen LogP contribution < -0.4 is 0 Å². The predicted octanol–water partition coefficient (Wildman–Crippen LogP) is 2.36. The van der Waals surface area contributed by atoms with Crippen LogP contribution in [0, 0.1) is 0 Å². The molecule has 0 N–H and O–H groups in total. The van der Waals surface area contributed by atoms with Crippen molar-refractivity contribution in [2.24, 2.45) is 0 Å². The van der Waals surface area contributed by atoms with E-state index in [1.165, 1.54) is 0 Å². The summed E-state index contributed by atoms with van der Waals surface area (Å²) in [5.74, 6) is 0.905. The van der Waals surface area contributed by atoms with E-state index in [4.69, 9.17) is 11.6 Å². The summed E-state index contributed by atoms with van der Waals surface area (Å²) in [5, 5.41) is 0.450. The van der Waals surface area contributed by atoms with E-state index in [-0.39, 0.29) is 0 Å². The number of pyridine rings is 1. The lowest BCUT2D eigenvalue weighted by Gasteiger charge is -1.97. The molecule has 0 saturated heterocycles. The fourth-order valence-corrected chi connectivity index (χ4v) is 1.69. The van der Waals surface area contributed by atoms with E-state index in [1.54, 1.807) is 12.1 Å². The Morgan fingerprint density at radius 2 is 2.43 bits per heavy atom. The highest BCUT2D eigenvalue weighted by atomic mass is 35.5. The Labute approximate surface area is 86.3 Å². The van der Waals surface area contributed by atoms with Crippen molar-refractivity contribution in [1.82, 2.24) is 9.38 Å². The zero-order chi connectivity index (χ0) is 10.1. The van der Waals surface area contributed by atoms with Crippen LogP contribution in [0.4, 0.5) is 0 Å². The molecule has 0 aliphatic carbocycles. The second-order valence-electron chi connectivity index (χ2n) is 3.01. The third-order valence-electron chi connectivity index (χ3n) is 2.15. The molecule has 0 spiro atoms. The number of hydrogen-bond acceptors (Lipinski definition) is 2. The quantitative estimate of drug-likeness (QED) is 0.711. The highest BCUT2D eigenvalue weighted by Crippen LogP contribution is 2.19. The van der Waals surface area contributed by atoms with Crippen molar-refractivity contribution in [2.45, 2.75) is 13.3 Å². The number of imidazole rings is 1. The van der Waals surface area contributed by atoms with Gasteiger partial charge in [-0.05, 0) is 12.1 Å². The minimum absolute atomic E-state index is 0.450. The number of rotatable bonds is 2. The summed E-state index contributed by atoms with van der Waals surface area (Å²) in [4.78, 5) is 14.8. The molecule has 2 heterocycles. The molecule has 2 aromatic heterocycles. The molecule has 2 aromatic rings. The molecule has 0 aromatic carbocycles. The molecule has 4 heteroatoms. The lowest BCUT2D eigenvalue weighted by atomic mass is 10.3. The normalized spacial score (nSPS) is 10.7. The van der Waals surface area contributed by atoms with Gasteiger partial charge in [0.25, 0.3) is 0 Å². The first kappa shape index (κ1) is 9.21. The molecule has 0 aliphatic rings. The number of halogens is 1. The summed E-state index contributed by atoms with van der Waals surface area (Å²) in [6.07, 6.45) is 3.43. The van der Waals surface area contributed by atoms with Crippen molar-refractivity contribution in [2.75, 3.05) is 0 Å². The van der Waals surface area contributed by atoms with Gasteiger partial charge in [0.1, 0.15) is 12.1 Å². The van der Waals surface area contributed by atoms with Gasteiger partial charge in [0, 0.05) is 18.2 Å². The molecule has 72 valence electrons. The molecule has 2 rings (SSSR count). The average molecular weight is 209 g/mol. The van der Waals surface area contributed by atoms with Gasteiger partial charge in [0.15, 0.2) is 5.15 Å². The van der Waals surface area contributed by atoms with E-state index in [1.807, 2.05) is 17.5 Å². The molecule has 0 unspecified atom stereocenters. The van der Waals surface area contributed by atoms with Gasteiger partial charge in [-0.2, -0.15) is 0 Å². The van der Waals surface area contributed by atoms with E-state index in [9.17, 15) is 4.79 Å². The molecule has 3 nitrogen and oxygen atoms in total. The zero-order valence-electron chi connectivity index (χ0n) is 7.70. The number of nitrogens with zero attached hydrogens (tertiary/aromatic N) is 2. The topological polar surface area (TPSA) is 34.4 Å². The van der Waals surface area contributed by atoms with Crippen LogP contribution >= 0.6 is 11.6 Å². The molecule has 0 aliphatic heterocycles. The van der Waals surface area contributed by atoms with Crippen LogP contribution in [0.1, 0.15) is 23.1 Å². The number of fused-ring (bicyclic) bond motifs is 1. The van der Waals surface area contributed by atoms with Crippen LogP contribution in [0.25, 0.3) is 5.52 Å². The highest BCUT2D eigenvalue weighted by molar-refractivity contribution is 6.32. The van der Waals surface area contributed by atoms with Crippen molar-refractivity contribution in [3.05, 3.63) is 34.9 Å². The van der Waals surface area contributed by atoms with Crippen LogP contribution in [0.2, 0.25) is 5.15 Å². The largest absolute Gasteiger partial charge is 0.302 e. The van der Waals surface area contributed by atoms with Gasteiger partial charge in [0.05, 0.1) is 5.52 Å². The molecule has 0 fully saturated rings. The van der Waals surface area contributed by atoms with Crippen molar-refractivity contribution in [3.8, 4) is 0 Å². The lowest BCUT2D eigenvalue weighted by molar-refractivity contribution is 0.112. The fourth-order valence-electron chi connectivity index (χ4n) is 1.45. The molecule has 0 radical (unpaired) electrons. The van der Waals surface area contributed by atoms with Gasteiger partial charge < -0.3 is 4.40 Å². The highest BCUT2D eigenvalue weighted by Gasteiger charge is 2.07. The Balaban J connectivity index is 2.76. The third kappa shape index (κ3) is 1.30. The predicted molar refractivity (Wildman–Crippen MR) is 55.0 cm³/mol. The van der Waals surface area contributed by atoms with Crippen LogP contribution in [0.5, 0.6) is 0 Å². The maximum Gasteiger partial charge on any atom is 0.155 e. The molecule has 0 atom stereocenters. The first-order valence-electron chi connectivity index (χ1n) is 4.38. The number of aldehydes is 1. The van der Waals surface area contributed by atoms with Gasteiger partial charge in [0.2, 0.25) is 0 Å². The van der Waals surface area contributed by atoms with E-state index < -0.39 is 0 Å². The van der Waals surface area contributed by atoms with Crippen molar-refractivity contribution in [1.29, 1.82) is 0 Å². The summed E-state index contributed by atoms with van der Waals surface area (Å²) >= 11 is 5.94. The maximum absolute atomic E-state index is 10.6. The average Bonchev–Trinajstić information content (AvgIpc) is 2.55. The maximum atomic E-state index is 10.6. The van der Waals surface area contributed by atoms with Gasteiger partial charge in [-0.3, -0.25) is 4.79 Å². The monoisotopic (exact) mass is 208 g/mol. The Kier molecular flexibility index (Phi) is 2.25. The smallest absolute Gasteiger partial charge is 0.155 e. The zero-order valence-corrected chi connectivity index (χ0v) is 8.45. The molecule has 0 bridgehead atoms.